The number of anilines is 1. The molecule has 0 spiro atoms. The van der Waals surface area contributed by atoms with Crippen molar-refractivity contribution in [2.75, 3.05) is 11.6 Å². The highest BCUT2D eigenvalue weighted by Crippen LogP contribution is 2.26. The molecule has 0 fully saturated rings. The minimum absolute atomic E-state index is 0.0725. The molecule has 0 saturated heterocycles. The Morgan fingerprint density at radius 3 is 2.65 bits per heavy atom. The van der Waals surface area contributed by atoms with E-state index in [4.69, 9.17) is 0 Å². The molecule has 0 saturated carbocycles. The van der Waals surface area contributed by atoms with E-state index in [0.29, 0.717) is 11.3 Å². The van der Waals surface area contributed by atoms with Gasteiger partial charge in [-0.15, -0.1) is 0 Å². The first kappa shape index (κ1) is 17.1. The van der Waals surface area contributed by atoms with Crippen LogP contribution in [0.4, 0.5) is 11.4 Å². The van der Waals surface area contributed by atoms with Crippen LogP contribution in [0.3, 0.4) is 0 Å². The fourth-order valence-electron chi connectivity index (χ4n) is 2.41. The van der Waals surface area contributed by atoms with Crippen LogP contribution in [0.2, 0.25) is 0 Å². The minimum atomic E-state index is -0.887. The van der Waals surface area contributed by atoms with Crippen molar-refractivity contribution >= 4 is 22.2 Å². The molecule has 0 aliphatic carbocycles. The van der Waals surface area contributed by atoms with Crippen LogP contribution < -0.4 is 5.32 Å². The Morgan fingerprint density at radius 2 is 2.00 bits per heavy atom. The zero-order valence-electron chi connectivity index (χ0n) is 13.4. The number of hydrogen-bond donors (Lipinski definition) is 1. The highest BCUT2D eigenvalue weighted by Gasteiger charge is 2.14. The average Bonchev–Trinajstić information content (AvgIpc) is 2.46. The number of nitrogens with one attached hydrogen (secondary N) is 1. The second kappa shape index (κ2) is 7.37. The number of benzene rings is 2. The molecular formula is C17H20N2O3S. The quantitative estimate of drug-likeness (QED) is 0.642. The summed E-state index contributed by atoms with van der Waals surface area (Å²) in [7, 11) is -0.887. The lowest BCUT2D eigenvalue weighted by Crippen LogP contribution is -2.08. The van der Waals surface area contributed by atoms with Crippen LogP contribution in [-0.4, -0.2) is 15.4 Å². The van der Waals surface area contributed by atoms with Crippen molar-refractivity contribution in [3.05, 3.63) is 69.3 Å². The molecule has 0 aliphatic heterocycles. The van der Waals surface area contributed by atoms with Crippen LogP contribution in [0.15, 0.2) is 42.5 Å². The molecule has 2 rings (SSSR count). The number of rotatable bonds is 6. The lowest BCUT2D eigenvalue weighted by molar-refractivity contribution is -0.385. The highest BCUT2D eigenvalue weighted by molar-refractivity contribution is 7.83. The molecular weight excluding hydrogens is 312 g/mol. The summed E-state index contributed by atoms with van der Waals surface area (Å²) in [5.74, 6) is 0.514. The zero-order valence-corrected chi connectivity index (χ0v) is 14.2. The maximum absolute atomic E-state index is 11.3. The van der Waals surface area contributed by atoms with E-state index < -0.39 is 10.8 Å². The minimum Gasteiger partial charge on any atom is -0.379 e. The van der Waals surface area contributed by atoms with Crippen LogP contribution in [0, 0.1) is 17.0 Å². The first-order valence-electron chi connectivity index (χ1n) is 7.27. The molecule has 0 bridgehead atoms. The van der Waals surface area contributed by atoms with Crippen molar-refractivity contribution in [1.82, 2.24) is 0 Å². The molecule has 5 nitrogen and oxygen atoms in total. The Labute approximate surface area is 138 Å². The molecule has 1 N–H and O–H groups in total. The van der Waals surface area contributed by atoms with Crippen molar-refractivity contribution in [3.8, 4) is 0 Å². The molecule has 0 heterocycles. The average molecular weight is 332 g/mol. The van der Waals surface area contributed by atoms with Crippen molar-refractivity contribution in [1.29, 1.82) is 0 Å². The summed E-state index contributed by atoms with van der Waals surface area (Å²) >= 11 is 0. The third kappa shape index (κ3) is 4.63. The van der Waals surface area contributed by atoms with Gasteiger partial charge < -0.3 is 5.32 Å². The predicted molar refractivity (Wildman–Crippen MR) is 94.1 cm³/mol. The molecule has 2 atom stereocenters. The highest BCUT2D eigenvalue weighted by atomic mass is 32.2. The second-order valence-corrected chi connectivity index (χ2v) is 7.02. The second-order valence-electron chi connectivity index (χ2n) is 5.59. The number of nitro groups is 1. The Hall–Kier alpha value is -2.21. The molecule has 0 unspecified atom stereocenters. The maximum atomic E-state index is 11.3. The molecule has 0 amide bonds. The number of nitro benzene ring substituents is 1. The van der Waals surface area contributed by atoms with Gasteiger partial charge in [0.1, 0.15) is 0 Å². The Balaban J connectivity index is 2.19. The summed E-state index contributed by atoms with van der Waals surface area (Å²) in [4.78, 5) is 10.7. The van der Waals surface area contributed by atoms with E-state index in [1.165, 1.54) is 0 Å². The smallest absolute Gasteiger partial charge is 0.272 e. The molecule has 6 heteroatoms. The summed E-state index contributed by atoms with van der Waals surface area (Å²) in [5.41, 5.74) is 3.54. The fraction of sp³-hybridized carbons (Fsp3) is 0.294. The summed E-state index contributed by atoms with van der Waals surface area (Å²) in [6, 6.07) is 12.9. The van der Waals surface area contributed by atoms with Crippen LogP contribution in [0.1, 0.15) is 29.7 Å². The van der Waals surface area contributed by atoms with E-state index in [9.17, 15) is 14.3 Å². The molecule has 122 valence electrons. The Morgan fingerprint density at radius 1 is 1.26 bits per heavy atom. The van der Waals surface area contributed by atoms with E-state index in [2.05, 4.69) is 5.32 Å². The summed E-state index contributed by atoms with van der Waals surface area (Å²) < 4.78 is 11.3. The standard InChI is InChI=1S/C17H20N2O3S/c1-12-7-8-15(10-17(12)19(20)21)13(2)18-16-6-4-5-14(9-16)11-23(3)22/h4-10,13,18H,11H2,1-3H3/t13-,23-/m0/s1. The topological polar surface area (TPSA) is 72.2 Å². The fourth-order valence-corrected chi connectivity index (χ4v) is 3.06. The summed E-state index contributed by atoms with van der Waals surface area (Å²) in [6.45, 7) is 3.69. The van der Waals surface area contributed by atoms with Crippen LogP contribution in [0.25, 0.3) is 0 Å². The zero-order chi connectivity index (χ0) is 17.0. The molecule has 2 aromatic carbocycles. The van der Waals surface area contributed by atoms with Gasteiger partial charge in [-0.05, 0) is 37.1 Å². The molecule has 0 aliphatic rings. The van der Waals surface area contributed by atoms with Gasteiger partial charge in [-0.1, -0.05) is 24.3 Å². The Bertz CT molecular complexity index is 746. The third-order valence-corrected chi connectivity index (χ3v) is 4.35. The summed E-state index contributed by atoms with van der Waals surface area (Å²) in [6.07, 6.45) is 1.67. The normalized spacial score (nSPS) is 13.3. The van der Waals surface area contributed by atoms with Crippen molar-refractivity contribution in [2.24, 2.45) is 0 Å². The maximum Gasteiger partial charge on any atom is 0.272 e. The van der Waals surface area contributed by atoms with Crippen LogP contribution >= 0.6 is 0 Å². The van der Waals surface area contributed by atoms with E-state index in [1.54, 1.807) is 25.3 Å². The van der Waals surface area contributed by atoms with Crippen LogP contribution in [0.5, 0.6) is 0 Å². The number of nitrogens with zero attached hydrogens (tertiary/aromatic N) is 1. The lowest BCUT2D eigenvalue weighted by Gasteiger charge is -2.16. The number of hydrogen-bond acceptors (Lipinski definition) is 4. The predicted octanol–water partition coefficient (Wildman–Crippen LogP) is 3.95. The van der Waals surface area contributed by atoms with Crippen LogP contribution in [-0.2, 0) is 16.6 Å². The van der Waals surface area contributed by atoms with Gasteiger partial charge in [-0.2, -0.15) is 0 Å². The van der Waals surface area contributed by atoms with Gasteiger partial charge in [0.25, 0.3) is 5.69 Å². The van der Waals surface area contributed by atoms with Gasteiger partial charge in [0.2, 0.25) is 0 Å². The Kier molecular flexibility index (Phi) is 5.50. The summed E-state index contributed by atoms with van der Waals surface area (Å²) in [5, 5.41) is 14.4. The molecule has 23 heavy (non-hydrogen) atoms. The van der Waals surface area contributed by atoms with Gasteiger partial charge in [0.05, 0.1) is 4.92 Å². The van der Waals surface area contributed by atoms with Gasteiger partial charge in [0.15, 0.2) is 0 Å². The first-order valence-corrected chi connectivity index (χ1v) is 9.00. The largest absolute Gasteiger partial charge is 0.379 e. The van der Waals surface area contributed by atoms with Gasteiger partial charge in [0, 0.05) is 46.2 Å². The first-order chi connectivity index (χ1) is 10.9. The van der Waals surface area contributed by atoms with E-state index >= 15 is 0 Å². The molecule has 2 aromatic rings. The van der Waals surface area contributed by atoms with Gasteiger partial charge in [-0.3, -0.25) is 14.3 Å². The van der Waals surface area contributed by atoms with E-state index in [1.807, 2.05) is 37.3 Å². The monoisotopic (exact) mass is 332 g/mol. The number of aryl methyl sites for hydroxylation is 1. The van der Waals surface area contributed by atoms with E-state index in [-0.39, 0.29) is 16.7 Å². The molecule has 0 aromatic heterocycles. The van der Waals surface area contributed by atoms with Crippen molar-refractivity contribution < 1.29 is 9.13 Å². The third-order valence-electron chi connectivity index (χ3n) is 3.61. The molecule has 0 radical (unpaired) electrons. The van der Waals surface area contributed by atoms with Crippen molar-refractivity contribution in [3.63, 3.8) is 0 Å². The van der Waals surface area contributed by atoms with Gasteiger partial charge in [-0.25, -0.2) is 0 Å². The van der Waals surface area contributed by atoms with E-state index in [0.717, 1.165) is 16.8 Å². The van der Waals surface area contributed by atoms with Gasteiger partial charge >= 0.3 is 0 Å². The SMILES string of the molecule is Cc1ccc([C@H](C)Nc2cccc(C[S@](C)=O)c2)cc1[N+](=O)[O-]. The lowest BCUT2D eigenvalue weighted by atomic mass is 10.0. The van der Waals surface area contributed by atoms with Crippen molar-refractivity contribution in [2.45, 2.75) is 25.6 Å².